The maximum Gasteiger partial charge on any atom is 0.0607 e. The number of hydrogen-bond acceptors (Lipinski definition) is 3. The quantitative estimate of drug-likeness (QED) is 0.474. The van der Waals surface area contributed by atoms with Crippen LogP contribution in [0.5, 0.6) is 0 Å². The van der Waals surface area contributed by atoms with Gasteiger partial charge in [0.05, 0.1) is 19.3 Å². The maximum atomic E-state index is 8.65. The molecule has 0 fully saturated rings. The van der Waals surface area contributed by atoms with Crippen molar-refractivity contribution < 1.29 is 10.2 Å². The van der Waals surface area contributed by atoms with E-state index in [0.29, 0.717) is 0 Å². The molecule has 0 atom stereocenters. The van der Waals surface area contributed by atoms with Gasteiger partial charge in [-0.1, -0.05) is 5.57 Å². The fourth-order valence-electron chi connectivity index (χ4n) is 0.677. The Morgan fingerprint density at radius 2 is 2.00 bits per heavy atom. The summed E-state index contributed by atoms with van der Waals surface area (Å²) < 4.78 is 0. The summed E-state index contributed by atoms with van der Waals surface area (Å²) in [4.78, 5) is 0. The largest absolute Gasteiger partial charge is 0.395 e. The molecule has 0 aliphatic heterocycles. The van der Waals surface area contributed by atoms with Gasteiger partial charge in [0.2, 0.25) is 0 Å². The molecular formula is C8H17NO2. The average Bonchev–Trinajstić information content (AvgIpc) is 1.98. The third kappa shape index (κ3) is 6.04. The Morgan fingerprint density at radius 1 is 1.45 bits per heavy atom. The molecule has 0 aliphatic rings. The summed E-state index contributed by atoms with van der Waals surface area (Å²) in [6.07, 6.45) is 0.885. The van der Waals surface area contributed by atoms with Crippen LogP contribution >= 0.6 is 0 Å². The van der Waals surface area contributed by atoms with E-state index >= 15 is 0 Å². The molecule has 0 aromatic rings. The van der Waals surface area contributed by atoms with E-state index in [9.17, 15) is 0 Å². The highest BCUT2D eigenvalue weighted by Gasteiger charge is 2.02. The van der Waals surface area contributed by atoms with Crippen molar-refractivity contribution in [1.82, 2.24) is 5.32 Å². The van der Waals surface area contributed by atoms with Gasteiger partial charge in [0.15, 0.2) is 0 Å². The third-order valence-electron chi connectivity index (χ3n) is 1.43. The first-order valence-electron chi connectivity index (χ1n) is 3.80. The second kappa shape index (κ2) is 6.34. The zero-order chi connectivity index (χ0) is 8.69. The molecule has 0 unspecified atom stereocenters. The van der Waals surface area contributed by atoms with Gasteiger partial charge in [-0.05, 0) is 19.9 Å². The van der Waals surface area contributed by atoms with Crippen LogP contribution in [-0.4, -0.2) is 36.0 Å². The first-order valence-corrected chi connectivity index (χ1v) is 3.80. The Labute approximate surface area is 67.7 Å². The van der Waals surface area contributed by atoms with Gasteiger partial charge in [0.1, 0.15) is 0 Å². The lowest BCUT2D eigenvalue weighted by Crippen LogP contribution is -2.36. The zero-order valence-corrected chi connectivity index (χ0v) is 7.01. The van der Waals surface area contributed by atoms with Crippen LogP contribution < -0.4 is 5.32 Å². The zero-order valence-electron chi connectivity index (χ0n) is 7.01. The van der Waals surface area contributed by atoms with Crippen molar-refractivity contribution >= 4 is 0 Å². The van der Waals surface area contributed by atoms with Crippen LogP contribution in [0.15, 0.2) is 12.2 Å². The van der Waals surface area contributed by atoms with Crippen molar-refractivity contribution in [2.75, 3.05) is 19.8 Å². The lowest BCUT2D eigenvalue weighted by Gasteiger charge is -2.12. The van der Waals surface area contributed by atoms with Gasteiger partial charge in [0.25, 0.3) is 0 Å². The molecule has 0 aromatic carbocycles. The second-order valence-corrected chi connectivity index (χ2v) is 2.72. The van der Waals surface area contributed by atoms with Gasteiger partial charge in [-0.3, -0.25) is 0 Å². The van der Waals surface area contributed by atoms with Gasteiger partial charge in [-0.15, -0.1) is 6.58 Å². The number of aliphatic hydroxyl groups is 2. The minimum absolute atomic E-state index is 0.0211. The fraction of sp³-hybridized carbons (Fsp3) is 0.750. The molecule has 0 spiro atoms. The molecule has 66 valence electrons. The minimum Gasteiger partial charge on any atom is -0.395 e. The number of nitrogens with one attached hydrogen (secondary N) is 1. The molecule has 3 heteroatoms. The van der Waals surface area contributed by atoms with Crippen molar-refractivity contribution in [3.8, 4) is 0 Å². The van der Waals surface area contributed by atoms with Crippen LogP contribution in [0.2, 0.25) is 0 Å². The summed E-state index contributed by atoms with van der Waals surface area (Å²) >= 11 is 0. The summed E-state index contributed by atoms with van der Waals surface area (Å²) in [5.41, 5.74) is 1.10. The molecule has 11 heavy (non-hydrogen) atoms. The standard InChI is InChI=1S/C8H17NO2/c1-7(2)3-4-9-8(5-10)6-11/h8-11H,1,3-6H2,2H3. The van der Waals surface area contributed by atoms with Gasteiger partial charge in [-0.2, -0.15) is 0 Å². The highest BCUT2D eigenvalue weighted by Crippen LogP contribution is 1.92. The lowest BCUT2D eigenvalue weighted by atomic mass is 10.2. The summed E-state index contributed by atoms with van der Waals surface area (Å²) in [6, 6.07) is -0.186. The molecule has 0 aliphatic carbocycles. The number of rotatable bonds is 6. The van der Waals surface area contributed by atoms with Crippen molar-refractivity contribution in [3.05, 3.63) is 12.2 Å². The average molecular weight is 159 g/mol. The molecule has 0 bridgehead atoms. The predicted molar refractivity (Wildman–Crippen MR) is 45.4 cm³/mol. The van der Waals surface area contributed by atoms with Gasteiger partial charge < -0.3 is 15.5 Å². The Kier molecular flexibility index (Phi) is 6.12. The molecule has 0 heterocycles. The van der Waals surface area contributed by atoms with Crippen LogP contribution in [-0.2, 0) is 0 Å². The SMILES string of the molecule is C=C(C)CCNC(CO)CO. The van der Waals surface area contributed by atoms with E-state index in [1.165, 1.54) is 0 Å². The Morgan fingerprint density at radius 3 is 2.36 bits per heavy atom. The second-order valence-electron chi connectivity index (χ2n) is 2.72. The van der Waals surface area contributed by atoms with Gasteiger partial charge in [0, 0.05) is 0 Å². The summed E-state index contributed by atoms with van der Waals surface area (Å²) in [7, 11) is 0. The van der Waals surface area contributed by atoms with E-state index in [4.69, 9.17) is 10.2 Å². The maximum absolute atomic E-state index is 8.65. The Balaban J connectivity index is 3.28. The molecule has 0 radical (unpaired) electrons. The predicted octanol–water partition coefficient (Wildman–Crippen LogP) is -0.105. The number of aliphatic hydroxyl groups excluding tert-OH is 2. The smallest absolute Gasteiger partial charge is 0.0607 e. The highest BCUT2D eigenvalue weighted by atomic mass is 16.3. The third-order valence-corrected chi connectivity index (χ3v) is 1.43. The first-order chi connectivity index (χ1) is 5.20. The molecule has 0 saturated heterocycles. The van der Waals surface area contributed by atoms with Crippen LogP contribution in [0.4, 0.5) is 0 Å². The van der Waals surface area contributed by atoms with Crippen LogP contribution in [0.3, 0.4) is 0 Å². The molecular weight excluding hydrogens is 142 g/mol. The van der Waals surface area contributed by atoms with E-state index in [-0.39, 0.29) is 19.3 Å². The van der Waals surface area contributed by atoms with E-state index in [1.54, 1.807) is 0 Å². The molecule has 0 amide bonds. The first kappa shape index (κ1) is 10.6. The normalized spacial score (nSPS) is 10.5. The minimum atomic E-state index is -0.186. The van der Waals surface area contributed by atoms with Crippen molar-refractivity contribution in [1.29, 1.82) is 0 Å². The molecule has 0 aromatic heterocycles. The van der Waals surface area contributed by atoms with E-state index in [2.05, 4.69) is 11.9 Å². The topological polar surface area (TPSA) is 52.5 Å². The monoisotopic (exact) mass is 159 g/mol. The van der Waals surface area contributed by atoms with Gasteiger partial charge in [-0.25, -0.2) is 0 Å². The van der Waals surface area contributed by atoms with Crippen LogP contribution in [0.1, 0.15) is 13.3 Å². The Bertz CT molecular complexity index is 111. The van der Waals surface area contributed by atoms with E-state index in [0.717, 1.165) is 18.5 Å². The fourth-order valence-corrected chi connectivity index (χ4v) is 0.677. The summed E-state index contributed by atoms with van der Waals surface area (Å²) in [5.74, 6) is 0. The number of hydrogen-bond donors (Lipinski definition) is 3. The molecule has 0 rings (SSSR count). The summed E-state index contributed by atoms with van der Waals surface area (Å²) in [5, 5.41) is 20.3. The van der Waals surface area contributed by atoms with E-state index in [1.807, 2.05) is 6.92 Å². The van der Waals surface area contributed by atoms with E-state index < -0.39 is 0 Å². The van der Waals surface area contributed by atoms with Crippen molar-refractivity contribution in [2.45, 2.75) is 19.4 Å². The Hall–Kier alpha value is -0.380. The molecule has 0 saturated carbocycles. The van der Waals surface area contributed by atoms with Crippen LogP contribution in [0, 0.1) is 0 Å². The van der Waals surface area contributed by atoms with Crippen LogP contribution in [0.25, 0.3) is 0 Å². The molecule has 3 N–H and O–H groups in total. The van der Waals surface area contributed by atoms with Gasteiger partial charge >= 0.3 is 0 Å². The molecule has 3 nitrogen and oxygen atoms in total. The van der Waals surface area contributed by atoms with Crippen molar-refractivity contribution in [2.24, 2.45) is 0 Å². The van der Waals surface area contributed by atoms with Crippen molar-refractivity contribution in [3.63, 3.8) is 0 Å². The summed E-state index contributed by atoms with van der Waals surface area (Å²) in [6.45, 7) is 6.41. The lowest BCUT2D eigenvalue weighted by molar-refractivity contribution is 0.171. The highest BCUT2D eigenvalue weighted by molar-refractivity contribution is 4.88.